The first-order valence-corrected chi connectivity index (χ1v) is 9.85. The van der Waals surface area contributed by atoms with Gasteiger partial charge in [-0.15, -0.1) is 0 Å². The number of amides is 4. The Kier molecular flexibility index (Phi) is 5.81. The standard InChI is InChI=1S/C19H29N3O6/c1-19(2,3)28-17(25)20-6-4-13(5-7-20)8-15(23)21-9-14(10-21)11-22-16(24)12-27-18(22)26/h13-14H,4-12H2,1-3H3. The zero-order chi connectivity index (χ0) is 20.5. The van der Waals surface area contributed by atoms with E-state index in [1.165, 1.54) is 0 Å². The minimum Gasteiger partial charge on any atom is -0.444 e. The minimum absolute atomic E-state index is 0.0993. The molecule has 3 heterocycles. The molecular weight excluding hydrogens is 366 g/mol. The summed E-state index contributed by atoms with van der Waals surface area (Å²) in [6, 6.07) is 0. The van der Waals surface area contributed by atoms with Gasteiger partial charge in [-0.3, -0.25) is 9.59 Å². The van der Waals surface area contributed by atoms with E-state index in [-0.39, 0.29) is 36.4 Å². The van der Waals surface area contributed by atoms with E-state index >= 15 is 0 Å². The molecule has 0 aromatic rings. The summed E-state index contributed by atoms with van der Waals surface area (Å²) in [7, 11) is 0. The van der Waals surface area contributed by atoms with Gasteiger partial charge in [-0.05, 0) is 39.5 Å². The number of piperidine rings is 1. The van der Waals surface area contributed by atoms with Gasteiger partial charge in [0, 0.05) is 45.1 Å². The lowest BCUT2D eigenvalue weighted by molar-refractivity contribution is -0.139. The van der Waals surface area contributed by atoms with Crippen molar-refractivity contribution >= 4 is 24.0 Å². The lowest BCUT2D eigenvalue weighted by atomic mass is 9.91. The molecule has 3 saturated heterocycles. The Labute approximate surface area is 164 Å². The molecule has 0 aromatic heterocycles. The van der Waals surface area contributed by atoms with E-state index in [0.717, 1.165) is 17.7 Å². The van der Waals surface area contributed by atoms with Crippen LogP contribution in [0.4, 0.5) is 9.59 Å². The second-order valence-corrected chi connectivity index (χ2v) is 8.84. The number of carbonyl (C=O) groups excluding carboxylic acids is 4. The van der Waals surface area contributed by atoms with E-state index < -0.39 is 11.7 Å². The van der Waals surface area contributed by atoms with Gasteiger partial charge in [0.1, 0.15) is 5.60 Å². The maximum Gasteiger partial charge on any atom is 0.417 e. The van der Waals surface area contributed by atoms with E-state index in [2.05, 4.69) is 0 Å². The van der Waals surface area contributed by atoms with E-state index in [1.807, 2.05) is 20.8 Å². The van der Waals surface area contributed by atoms with Crippen molar-refractivity contribution in [1.29, 1.82) is 0 Å². The minimum atomic E-state index is -0.591. The number of carbonyl (C=O) groups is 4. The lowest BCUT2D eigenvalue weighted by Gasteiger charge is -2.41. The van der Waals surface area contributed by atoms with Crippen LogP contribution < -0.4 is 0 Å². The Morgan fingerprint density at radius 2 is 1.71 bits per heavy atom. The Balaban J connectivity index is 1.35. The summed E-state index contributed by atoms with van der Waals surface area (Å²) in [5.74, 6) is 0.168. The largest absolute Gasteiger partial charge is 0.444 e. The molecule has 4 amide bonds. The van der Waals surface area contributed by atoms with Gasteiger partial charge >= 0.3 is 12.2 Å². The molecule has 0 radical (unpaired) electrons. The fourth-order valence-corrected chi connectivity index (χ4v) is 3.73. The topological polar surface area (TPSA) is 96.5 Å². The highest BCUT2D eigenvalue weighted by atomic mass is 16.6. The highest BCUT2D eigenvalue weighted by Gasteiger charge is 2.39. The molecule has 0 unspecified atom stereocenters. The van der Waals surface area contributed by atoms with Crippen molar-refractivity contribution in [3.05, 3.63) is 0 Å². The number of rotatable bonds is 4. The molecule has 156 valence electrons. The second-order valence-electron chi connectivity index (χ2n) is 8.84. The predicted octanol–water partition coefficient (Wildman–Crippen LogP) is 1.46. The summed E-state index contributed by atoms with van der Waals surface area (Å²) in [5.41, 5.74) is -0.506. The third-order valence-corrected chi connectivity index (χ3v) is 5.32. The van der Waals surface area contributed by atoms with Crippen molar-refractivity contribution in [2.75, 3.05) is 39.3 Å². The monoisotopic (exact) mass is 395 g/mol. The van der Waals surface area contributed by atoms with E-state index in [1.54, 1.807) is 9.80 Å². The van der Waals surface area contributed by atoms with Gasteiger partial charge in [-0.2, -0.15) is 0 Å². The van der Waals surface area contributed by atoms with Crippen LogP contribution in [0.1, 0.15) is 40.0 Å². The van der Waals surface area contributed by atoms with Gasteiger partial charge in [-0.1, -0.05) is 0 Å². The van der Waals surface area contributed by atoms with Gasteiger partial charge in [0.05, 0.1) is 0 Å². The van der Waals surface area contributed by atoms with Crippen molar-refractivity contribution in [3.8, 4) is 0 Å². The first-order valence-electron chi connectivity index (χ1n) is 9.85. The Hall–Kier alpha value is -2.32. The molecule has 28 heavy (non-hydrogen) atoms. The highest BCUT2D eigenvalue weighted by molar-refractivity contribution is 5.97. The summed E-state index contributed by atoms with van der Waals surface area (Å²) in [5, 5.41) is 0. The molecule has 0 aliphatic carbocycles. The summed E-state index contributed by atoms with van der Waals surface area (Å²) in [6.07, 6.45) is 1.16. The molecule has 3 rings (SSSR count). The molecule has 3 aliphatic rings. The number of likely N-dealkylation sites (tertiary alicyclic amines) is 2. The quantitative estimate of drug-likeness (QED) is 0.715. The van der Waals surface area contributed by atoms with Crippen molar-refractivity contribution in [1.82, 2.24) is 14.7 Å². The number of imide groups is 1. The van der Waals surface area contributed by atoms with Gasteiger partial charge < -0.3 is 19.3 Å². The fraction of sp³-hybridized carbons (Fsp3) is 0.789. The van der Waals surface area contributed by atoms with Crippen LogP contribution >= 0.6 is 0 Å². The van der Waals surface area contributed by atoms with Crippen LogP contribution in [-0.4, -0.2) is 83.6 Å². The van der Waals surface area contributed by atoms with Gasteiger partial charge in [0.15, 0.2) is 6.61 Å². The van der Waals surface area contributed by atoms with Gasteiger partial charge in [0.2, 0.25) is 5.91 Å². The Morgan fingerprint density at radius 3 is 2.25 bits per heavy atom. The van der Waals surface area contributed by atoms with Crippen LogP contribution in [0.15, 0.2) is 0 Å². The van der Waals surface area contributed by atoms with Gasteiger partial charge in [-0.25, -0.2) is 14.5 Å². The zero-order valence-electron chi connectivity index (χ0n) is 16.8. The Bertz CT molecular complexity index is 629. The van der Waals surface area contributed by atoms with Crippen molar-refractivity contribution in [2.45, 2.75) is 45.6 Å². The number of hydrogen-bond donors (Lipinski definition) is 0. The summed E-state index contributed by atoms with van der Waals surface area (Å²) < 4.78 is 10.1. The van der Waals surface area contributed by atoms with E-state index in [4.69, 9.17) is 9.47 Å². The third kappa shape index (κ3) is 4.94. The first kappa shape index (κ1) is 20.4. The molecular formula is C19H29N3O6. The number of ether oxygens (including phenoxy) is 2. The number of hydrogen-bond acceptors (Lipinski definition) is 6. The average molecular weight is 395 g/mol. The van der Waals surface area contributed by atoms with E-state index in [9.17, 15) is 19.2 Å². The second kappa shape index (κ2) is 7.97. The van der Waals surface area contributed by atoms with Crippen molar-refractivity contribution in [2.24, 2.45) is 11.8 Å². The fourth-order valence-electron chi connectivity index (χ4n) is 3.73. The van der Waals surface area contributed by atoms with E-state index in [0.29, 0.717) is 39.1 Å². The summed E-state index contributed by atoms with van der Waals surface area (Å²) in [4.78, 5) is 52.2. The third-order valence-electron chi connectivity index (χ3n) is 5.32. The Morgan fingerprint density at radius 1 is 1.07 bits per heavy atom. The number of cyclic esters (lactones) is 1. The summed E-state index contributed by atoms with van der Waals surface area (Å²) >= 11 is 0. The molecule has 9 heteroatoms. The van der Waals surface area contributed by atoms with Crippen molar-refractivity contribution in [3.63, 3.8) is 0 Å². The lowest BCUT2D eigenvalue weighted by Crippen LogP contribution is -2.54. The first-order chi connectivity index (χ1) is 13.1. The number of nitrogens with zero attached hydrogens (tertiary/aromatic N) is 3. The van der Waals surface area contributed by atoms with Crippen LogP contribution in [0.5, 0.6) is 0 Å². The van der Waals surface area contributed by atoms with Crippen LogP contribution in [0.2, 0.25) is 0 Å². The molecule has 0 atom stereocenters. The molecule has 9 nitrogen and oxygen atoms in total. The molecule has 0 saturated carbocycles. The van der Waals surface area contributed by atoms with Crippen LogP contribution in [0.3, 0.4) is 0 Å². The van der Waals surface area contributed by atoms with Crippen LogP contribution in [0.25, 0.3) is 0 Å². The zero-order valence-corrected chi connectivity index (χ0v) is 16.8. The van der Waals surface area contributed by atoms with Crippen molar-refractivity contribution < 1.29 is 28.7 Å². The molecule has 0 aromatic carbocycles. The smallest absolute Gasteiger partial charge is 0.417 e. The van der Waals surface area contributed by atoms with Gasteiger partial charge in [0.25, 0.3) is 5.91 Å². The summed E-state index contributed by atoms with van der Waals surface area (Å²) in [6.45, 7) is 8.01. The highest BCUT2D eigenvalue weighted by Crippen LogP contribution is 2.26. The molecule has 3 aliphatic heterocycles. The van der Waals surface area contributed by atoms with Crippen LogP contribution in [-0.2, 0) is 19.1 Å². The molecule has 0 bridgehead atoms. The maximum atomic E-state index is 12.5. The molecule has 3 fully saturated rings. The average Bonchev–Trinajstić information content (AvgIpc) is 2.88. The maximum absolute atomic E-state index is 12.5. The normalized spacial score (nSPS) is 21.6. The predicted molar refractivity (Wildman–Crippen MR) is 98.3 cm³/mol. The SMILES string of the molecule is CC(C)(C)OC(=O)N1CCC(CC(=O)N2CC(CN3C(=O)COC3=O)C2)CC1. The molecule has 0 N–H and O–H groups in total. The van der Waals surface area contributed by atoms with Crippen LogP contribution in [0, 0.1) is 11.8 Å². The molecule has 0 spiro atoms.